The molecule has 1 aliphatic heterocycles. The number of hydrogen-bond donors (Lipinski definition) is 1. The van der Waals surface area contributed by atoms with E-state index in [4.69, 9.17) is 9.73 Å². The Morgan fingerprint density at radius 1 is 1.42 bits per heavy atom. The zero-order chi connectivity index (χ0) is 18.9. The lowest BCUT2D eigenvalue weighted by Gasteiger charge is -2.36. The van der Waals surface area contributed by atoms with Crippen LogP contribution in [0.15, 0.2) is 4.99 Å². The zero-order valence-electron chi connectivity index (χ0n) is 16.9. The van der Waals surface area contributed by atoms with Crippen LogP contribution in [0, 0.1) is 12.8 Å². The average Bonchev–Trinajstić information content (AvgIpc) is 2.96. The molecule has 2 rings (SSSR count). The van der Waals surface area contributed by atoms with E-state index in [0.717, 1.165) is 62.6 Å². The maximum atomic E-state index is 5.44. The van der Waals surface area contributed by atoms with E-state index in [-0.39, 0.29) is 0 Å². The lowest BCUT2D eigenvalue weighted by atomic mass is 10.1. The van der Waals surface area contributed by atoms with Gasteiger partial charge in [0.2, 0.25) is 0 Å². The quantitative estimate of drug-likeness (QED) is 0.422. The lowest BCUT2D eigenvalue weighted by Crippen LogP contribution is -2.49. The SMILES string of the molecule is CCOCCCNC(=NCc1nnc(C)n1C)N1CCSC(C(C)C)C1. The van der Waals surface area contributed by atoms with E-state index in [1.807, 2.05) is 25.5 Å². The average molecular weight is 383 g/mol. The Hall–Kier alpha value is -1.28. The van der Waals surface area contributed by atoms with Crippen molar-refractivity contribution < 1.29 is 4.74 Å². The van der Waals surface area contributed by atoms with Gasteiger partial charge in [0, 0.05) is 50.9 Å². The molecule has 0 amide bonds. The smallest absolute Gasteiger partial charge is 0.194 e. The van der Waals surface area contributed by atoms with Gasteiger partial charge in [-0.3, -0.25) is 0 Å². The van der Waals surface area contributed by atoms with Gasteiger partial charge >= 0.3 is 0 Å². The van der Waals surface area contributed by atoms with Gasteiger partial charge in [-0.15, -0.1) is 10.2 Å². The van der Waals surface area contributed by atoms with Crippen molar-refractivity contribution in [3.05, 3.63) is 11.6 Å². The summed E-state index contributed by atoms with van der Waals surface area (Å²) in [5.41, 5.74) is 0. The molecule has 1 aliphatic rings. The van der Waals surface area contributed by atoms with Crippen LogP contribution in [0.5, 0.6) is 0 Å². The Balaban J connectivity index is 2.02. The number of rotatable bonds is 8. The topological polar surface area (TPSA) is 67.6 Å². The first kappa shape index (κ1) is 21.0. The van der Waals surface area contributed by atoms with Crippen LogP contribution >= 0.6 is 11.8 Å². The van der Waals surface area contributed by atoms with Gasteiger partial charge in [0.05, 0.1) is 0 Å². The first-order valence-corrected chi connectivity index (χ1v) is 10.6. The number of nitrogens with one attached hydrogen (secondary N) is 1. The van der Waals surface area contributed by atoms with Gasteiger partial charge in [0.15, 0.2) is 11.8 Å². The van der Waals surface area contributed by atoms with Crippen LogP contribution in [0.2, 0.25) is 0 Å². The highest BCUT2D eigenvalue weighted by Crippen LogP contribution is 2.24. The van der Waals surface area contributed by atoms with Crippen LogP contribution in [0.3, 0.4) is 0 Å². The van der Waals surface area contributed by atoms with E-state index >= 15 is 0 Å². The number of aliphatic imine (C=N–C) groups is 1. The minimum Gasteiger partial charge on any atom is -0.382 e. The summed E-state index contributed by atoms with van der Waals surface area (Å²) in [6.07, 6.45) is 0.978. The first-order chi connectivity index (χ1) is 12.5. The molecule has 148 valence electrons. The number of hydrogen-bond acceptors (Lipinski definition) is 5. The van der Waals surface area contributed by atoms with Crippen molar-refractivity contribution in [1.82, 2.24) is 25.0 Å². The fourth-order valence-electron chi connectivity index (χ4n) is 2.79. The Kier molecular flexibility index (Phi) is 8.71. The van der Waals surface area contributed by atoms with Crippen molar-refractivity contribution in [1.29, 1.82) is 0 Å². The van der Waals surface area contributed by atoms with Gasteiger partial charge in [-0.05, 0) is 26.2 Å². The van der Waals surface area contributed by atoms with E-state index in [0.29, 0.717) is 17.7 Å². The monoisotopic (exact) mass is 382 g/mol. The van der Waals surface area contributed by atoms with Crippen LogP contribution in [0.25, 0.3) is 0 Å². The summed E-state index contributed by atoms with van der Waals surface area (Å²) in [5, 5.41) is 12.5. The van der Waals surface area contributed by atoms with Gasteiger partial charge in [-0.1, -0.05) is 13.8 Å². The number of guanidine groups is 1. The van der Waals surface area contributed by atoms with Crippen molar-refractivity contribution >= 4 is 17.7 Å². The van der Waals surface area contributed by atoms with Crippen molar-refractivity contribution in [2.24, 2.45) is 18.0 Å². The maximum Gasteiger partial charge on any atom is 0.194 e. The fraction of sp³-hybridized carbons (Fsp3) is 0.833. The molecule has 0 aromatic carbocycles. The summed E-state index contributed by atoms with van der Waals surface area (Å²) in [6.45, 7) is 13.6. The van der Waals surface area contributed by atoms with Crippen LogP contribution < -0.4 is 5.32 Å². The Bertz CT molecular complexity index is 574. The molecule has 1 fully saturated rings. The first-order valence-electron chi connectivity index (χ1n) is 9.60. The third-order valence-electron chi connectivity index (χ3n) is 4.64. The van der Waals surface area contributed by atoms with E-state index in [1.54, 1.807) is 0 Å². The number of thioether (sulfide) groups is 1. The second-order valence-electron chi connectivity index (χ2n) is 6.94. The van der Waals surface area contributed by atoms with Crippen molar-refractivity contribution in [3.8, 4) is 0 Å². The van der Waals surface area contributed by atoms with Gasteiger partial charge in [-0.25, -0.2) is 4.99 Å². The van der Waals surface area contributed by atoms with E-state index in [2.05, 4.69) is 46.0 Å². The number of nitrogens with zero attached hydrogens (tertiary/aromatic N) is 5. The summed E-state index contributed by atoms with van der Waals surface area (Å²) < 4.78 is 7.44. The molecule has 0 bridgehead atoms. The molecule has 0 saturated carbocycles. The molecule has 0 radical (unpaired) electrons. The molecule has 1 saturated heterocycles. The van der Waals surface area contributed by atoms with Gasteiger partial charge in [0.25, 0.3) is 0 Å². The third kappa shape index (κ3) is 6.16. The predicted molar refractivity (Wildman–Crippen MR) is 109 cm³/mol. The molecule has 1 aromatic rings. The molecule has 7 nitrogen and oxygen atoms in total. The highest BCUT2D eigenvalue weighted by molar-refractivity contribution is 8.00. The zero-order valence-corrected chi connectivity index (χ0v) is 17.7. The molecule has 0 aliphatic carbocycles. The Labute approximate surface area is 162 Å². The largest absolute Gasteiger partial charge is 0.382 e. The fourth-order valence-corrected chi connectivity index (χ4v) is 4.09. The molecule has 0 spiro atoms. The van der Waals surface area contributed by atoms with E-state index < -0.39 is 0 Å². The van der Waals surface area contributed by atoms with Crippen LogP contribution in [0.4, 0.5) is 0 Å². The van der Waals surface area contributed by atoms with Gasteiger partial charge in [-0.2, -0.15) is 11.8 Å². The van der Waals surface area contributed by atoms with Crippen molar-refractivity contribution in [2.75, 3.05) is 38.6 Å². The molecule has 1 aromatic heterocycles. The lowest BCUT2D eigenvalue weighted by molar-refractivity contribution is 0.145. The molecular formula is C18H34N6OS. The minimum atomic E-state index is 0.543. The number of aromatic nitrogens is 3. The molecular weight excluding hydrogens is 348 g/mol. The number of aryl methyl sites for hydroxylation is 1. The second kappa shape index (κ2) is 10.8. The summed E-state index contributed by atoms with van der Waals surface area (Å²) in [7, 11) is 1.99. The van der Waals surface area contributed by atoms with E-state index in [1.165, 1.54) is 0 Å². The molecule has 8 heteroatoms. The number of ether oxygens (including phenoxy) is 1. The van der Waals surface area contributed by atoms with Crippen LogP contribution in [0.1, 0.15) is 38.8 Å². The summed E-state index contributed by atoms with van der Waals surface area (Å²) in [4.78, 5) is 7.26. The minimum absolute atomic E-state index is 0.543. The highest BCUT2D eigenvalue weighted by atomic mass is 32.2. The van der Waals surface area contributed by atoms with Gasteiger partial charge < -0.3 is 19.5 Å². The Morgan fingerprint density at radius 2 is 2.23 bits per heavy atom. The van der Waals surface area contributed by atoms with Crippen molar-refractivity contribution in [2.45, 2.75) is 45.9 Å². The second-order valence-corrected chi connectivity index (χ2v) is 8.29. The summed E-state index contributed by atoms with van der Waals surface area (Å²) in [6, 6.07) is 0. The summed E-state index contributed by atoms with van der Waals surface area (Å²) in [5.74, 6) is 4.60. The van der Waals surface area contributed by atoms with Crippen LogP contribution in [-0.4, -0.2) is 69.5 Å². The van der Waals surface area contributed by atoms with Gasteiger partial charge in [0.1, 0.15) is 12.4 Å². The normalized spacial score (nSPS) is 18.6. The van der Waals surface area contributed by atoms with E-state index in [9.17, 15) is 0 Å². The molecule has 1 atom stereocenters. The molecule has 2 heterocycles. The standard InChI is InChI=1S/C18H34N6OS/c1-6-25-10-7-8-19-18(20-12-17-22-21-15(4)23(17)5)24-9-11-26-16(13-24)14(2)3/h14,16H,6-13H2,1-5H3,(H,19,20). The van der Waals surface area contributed by atoms with Crippen molar-refractivity contribution in [3.63, 3.8) is 0 Å². The molecule has 1 unspecified atom stereocenters. The van der Waals surface area contributed by atoms with Crippen LogP contribution in [-0.2, 0) is 18.3 Å². The molecule has 26 heavy (non-hydrogen) atoms. The Morgan fingerprint density at radius 3 is 2.88 bits per heavy atom. The summed E-state index contributed by atoms with van der Waals surface area (Å²) >= 11 is 2.08. The molecule has 1 N–H and O–H groups in total. The maximum absolute atomic E-state index is 5.44. The third-order valence-corrected chi connectivity index (χ3v) is 6.18. The predicted octanol–water partition coefficient (Wildman–Crippen LogP) is 2.07. The highest BCUT2D eigenvalue weighted by Gasteiger charge is 2.25.